The van der Waals surface area contributed by atoms with E-state index in [9.17, 15) is 24.1 Å². The van der Waals surface area contributed by atoms with E-state index in [2.05, 4.69) is 5.32 Å². The van der Waals surface area contributed by atoms with Gasteiger partial charge < -0.3 is 10.1 Å². The minimum Gasteiger partial charge on any atom is -0.483 e. The number of nitro groups is 1. The number of anilines is 1. The molecule has 0 unspecified atom stereocenters. The van der Waals surface area contributed by atoms with Gasteiger partial charge in [0.05, 0.1) is 21.2 Å². The van der Waals surface area contributed by atoms with Crippen LogP contribution in [0.5, 0.6) is 5.75 Å². The van der Waals surface area contributed by atoms with Crippen molar-refractivity contribution in [3.63, 3.8) is 0 Å². The Balaban J connectivity index is 2.08. The molecule has 0 heterocycles. The van der Waals surface area contributed by atoms with E-state index in [0.29, 0.717) is 0 Å². The van der Waals surface area contributed by atoms with Crippen molar-refractivity contribution in [3.8, 4) is 5.75 Å². The summed E-state index contributed by atoms with van der Waals surface area (Å²) in [5.74, 6) is -1.63. The lowest BCUT2D eigenvalue weighted by molar-refractivity contribution is -0.384. The maximum Gasteiger partial charge on any atom is 0.271 e. The van der Waals surface area contributed by atoms with Crippen LogP contribution < -0.4 is 10.1 Å². The summed E-state index contributed by atoms with van der Waals surface area (Å²) in [6.07, 6.45) is 0. The predicted molar refractivity (Wildman–Crippen MR) is 88.6 cm³/mol. The predicted octanol–water partition coefficient (Wildman–Crippen LogP) is 3.61. The SMILES string of the molecule is CC(=O)c1cc(F)ccc1OCC(=O)Nc1cc([N+](=O)[O-])ccc1Cl. The molecule has 0 atom stereocenters. The fourth-order valence-corrected chi connectivity index (χ4v) is 2.12. The number of nitro benzene ring substituents is 1. The zero-order valence-corrected chi connectivity index (χ0v) is 13.7. The number of ether oxygens (including phenoxy) is 1. The molecule has 0 aliphatic rings. The van der Waals surface area contributed by atoms with Gasteiger partial charge in [-0.25, -0.2) is 4.39 Å². The second kappa shape index (κ2) is 7.71. The Morgan fingerprint density at radius 2 is 2.00 bits per heavy atom. The van der Waals surface area contributed by atoms with Gasteiger partial charge in [0.1, 0.15) is 11.6 Å². The number of nitrogens with zero attached hydrogens (tertiary/aromatic N) is 1. The van der Waals surface area contributed by atoms with Gasteiger partial charge in [-0.15, -0.1) is 0 Å². The molecule has 25 heavy (non-hydrogen) atoms. The Morgan fingerprint density at radius 1 is 1.28 bits per heavy atom. The number of nitrogens with one attached hydrogen (secondary N) is 1. The van der Waals surface area contributed by atoms with Crippen molar-refractivity contribution in [2.75, 3.05) is 11.9 Å². The molecule has 2 rings (SSSR count). The number of non-ortho nitro benzene ring substituents is 1. The third-order valence-corrected chi connectivity index (χ3v) is 3.44. The molecule has 0 spiro atoms. The van der Waals surface area contributed by atoms with E-state index < -0.39 is 29.0 Å². The summed E-state index contributed by atoms with van der Waals surface area (Å²) in [5, 5.41) is 13.2. The summed E-state index contributed by atoms with van der Waals surface area (Å²) >= 11 is 5.88. The molecule has 0 saturated heterocycles. The molecule has 0 aliphatic heterocycles. The number of carbonyl (C=O) groups excluding carboxylic acids is 2. The van der Waals surface area contributed by atoms with E-state index in [0.717, 1.165) is 18.2 Å². The quantitative estimate of drug-likeness (QED) is 0.478. The second-order valence-corrected chi connectivity index (χ2v) is 5.36. The molecular formula is C16H12ClFN2O5. The van der Waals surface area contributed by atoms with E-state index in [1.807, 2.05) is 0 Å². The highest BCUT2D eigenvalue weighted by Gasteiger charge is 2.14. The summed E-state index contributed by atoms with van der Waals surface area (Å²) in [6.45, 7) is 0.746. The molecule has 1 N–H and O–H groups in total. The zero-order chi connectivity index (χ0) is 18.6. The van der Waals surface area contributed by atoms with Crippen LogP contribution in [-0.2, 0) is 4.79 Å². The van der Waals surface area contributed by atoms with E-state index in [1.165, 1.54) is 25.1 Å². The standard InChI is InChI=1S/C16H12ClFN2O5/c1-9(21)12-6-10(18)2-5-15(12)25-8-16(22)19-14-7-11(20(23)24)3-4-13(14)17/h2-7H,8H2,1H3,(H,19,22). The second-order valence-electron chi connectivity index (χ2n) is 4.95. The monoisotopic (exact) mass is 366 g/mol. The fraction of sp³-hybridized carbons (Fsp3) is 0.125. The van der Waals surface area contributed by atoms with Crippen molar-refractivity contribution in [2.45, 2.75) is 6.92 Å². The van der Waals surface area contributed by atoms with E-state index in [-0.39, 0.29) is 27.7 Å². The first-order valence-corrected chi connectivity index (χ1v) is 7.33. The molecule has 130 valence electrons. The van der Waals surface area contributed by atoms with E-state index >= 15 is 0 Å². The van der Waals surface area contributed by atoms with E-state index in [1.54, 1.807) is 0 Å². The number of amides is 1. The van der Waals surface area contributed by atoms with Crippen LogP contribution in [0.4, 0.5) is 15.8 Å². The van der Waals surface area contributed by atoms with Gasteiger partial charge >= 0.3 is 0 Å². The molecule has 0 aliphatic carbocycles. The van der Waals surface area contributed by atoms with Gasteiger partial charge in [0.15, 0.2) is 12.4 Å². The largest absolute Gasteiger partial charge is 0.483 e. The number of ketones is 1. The van der Waals surface area contributed by atoms with Crippen LogP contribution in [0.2, 0.25) is 5.02 Å². The van der Waals surface area contributed by atoms with Crippen LogP contribution in [0.15, 0.2) is 36.4 Å². The van der Waals surface area contributed by atoms with E-state index in [4.69, 9.17) is 16.3 Å². The Morgan fingerprint density at radius 3 is 2.64 bits per heavy atom. The highest BCUT2D eigenvalue weighted by atomic mass is 35.5. The molecule has 0 radical (unpaired) electrons. The van der Waals surface area contributed by atoms with Gasteiger partial charge in [-0.2, -0.15) is 0 Å². The molecule has 9 heteroatoms. The number of benzene rings is 2. The topological polar surface area (TPSA) is 98.5 Å². The number of halogens is 2. The molecule has 0 saturated carbocycles. The average molecular weight is 367 g/mol. The minimum atomic E-state index is -0.652. The zero-order valence-electron chi connectivity index (χ0n) is 12.9. The lowest BCUT2D eigenvalue weighted by Crippen LogP contribution is -2.21. The fourth-order valence-electron chi connectivity index (χ4n) is 1.96. The molecular weight excluding hydrogens is 355 g/mol. The first-order chi connectivity index (χ1) is 11.8. The summed E-state index contributed by atoms with van der Waals surface area (Å²) in [5.41, 5.74) is -0.186. The first-order valence-electron chi connectivity index (χ1n) is 6.95. The molecule has 2 aromatic rings. The van der Waals surface area contributed by atoms with Gasteiger partial charge in [0.2, 0.25) is 0 Å². The summed E-state index contributed by atoms with van der Waals surface area (Å²) < 4.78 is 18.4. The van der Waals surface area contributed by atoms with Crippen LogP contribution in [0.25, 0.3) is 0 Å². The number of hydrogen-bond donors (Lipinski definition) is 1. The van der Waals surface area contributed by atoms with Crippen LogP contribution in [0.1, 0.15) is 17.3 Å². The Bertz CT molecular complexity index is 856. The van der Waals surface area contributed by atoms with Gasteiger partial charge in [-0.05, 0) is 31.2 Å². The summed E-state index contributed by atoms with van der Waals surface area (Å²) in [7, 11) is 0. The van der Waals surface area contributed by atoms with Crippen LogP contribution in [0, 0.1) is 15.9 Å². The lowest BCUT2D eigenvalue weighted by Gasteiger charge is -2.11. The van der Waals surface area contributed by atoms with Gasteiger partial charge in [0.25, 0.3) is 11.6 Å². The Hall–Kier alpha value is -3.00. The third kappa shape index (κ3) is 4.74. The normalized spacial score (nSPS) is 10.2. The number of hydrogen-bond acceptors (Lipinski definition) is 5. The Labute approximate surface area is 146 Å². The number of rotatable bonds is 6. The number of Topliss-reactive ketones (excluding diaryl/α,β-unsaturated/α-hetero) is 1. The molecule has 0 fully saturated rings. The summed E-state index contributed by atoms with van der Waals surface area (Å²) in [6, 6.07) is 6.93. The van der Waals surface area contributed by atoms with Crippen molar-refractivity contribution in [3.05, 3.63) is 62.9 Å². The highest BCUT2D eigenvalue weighted by Crippen LogP contribution is 2.27. The molecule has 1 amide bonds. The van der Waals surface area contributed by atoms with Gasteiger partial charge in [-0.1, -0.05) is 11.6 Å². The van der Waals surface area contributed by atoms with Crippen molar-refractivity contribution in [1.82, 2.24) is 0 Å². The van der Waals surface area contributed by atoms with Crippen molar-refractivity contribution >= 4 is 34.7 Å². The third-order valence-electron chi connectivity index (χ3n) is 3.11. The minimum absolute atomic E-state index is 0.00109. The van der Waals surface area contributed by atoms with Crippen molar-refractivity contribution in [2.24, 2.45) is 0 Å². The molecule has 2 aromatic carbocycles. The maximum atomic E-state index is 13.2. The van der Waals surface area contributed by atoms with Gasteiger partial charge in [-0.3, -0.25) is 19.7 Å². The van der Waals surface area contributed by atoms with Crippen molar-refractivity contribution in [1.29, 1.82) is 0 Å². The highest BCUT2D eigenvalue weighted by molar-refractivity contribution is 6.33. The lowest BCUT2D eigenvalue weighted by atomic mass is 10.1. The first kappa shape index (κ1) is 18.3. The maximum absolute atomic E-state index is 13.2. The van der Waals surface area contributed by atoms with Crippen LogP contribution in [-0.4, -0.2) is 23.2 Å². The van der Waals surface area contributed by atoms with Crippen molar-refractivity contribution < 1.29 is 23.6 Å². The van der Waals surface area contributed by atoms with Crippen LogP contribution in [0.3, 0.4) is 0 Å². The average Bonchev–Trinajstić information content (AvgIpc) is 2.55. The smallest absolute Gasteiger partial charge is 0.271 e. The molecule has 0 bridgehead atoms. The molecule has 0 aromatic heterocycles. The Kier molecular flexibility index (Phi) is 5.66. The summed E-state index contributed by atoms with van der Waals surface area (Å²) in [4.78, 5) is 33.5. The van der Waals surface area contributed by atoms with Crippen LogP contribution >= 0.6 is 11.6 Å². The molecule has 7 nitrogen and oxygen atoms in total. The number of carbonyl (C=O) groups is 2. The van der Waals surface area contributed by atoms with Gasteiger partial charge in [0, 0.05) is 12.1 Å².